The van der Waals surface area contributed by atoms with Gasteiger partial charge in [-0.05, 0) is 12.1 Å². The fourth-order valence-electron chi connectivity index (χ4n) is 1.33. The van der Waals surface area contributed by atoms with E-state index in [-0.39, 0.29) is 6.67 Å². The summed E-state index contributed by atoms with van der Waals surface area (Å²) in [5.74, 6) is 0.396. The van der Waals surface area contributed by atoms with Crippen LogP contribution in [0.25, 0.3) is 5.52 Å². The number of nitrogens with zero attached hydrogens (tertiary/aromatic N) is 3. The van der Waals surface area contributed by atoms with Crippen molar-refractivity contribution in [2.45, 2.75) is 0 Å². The molecular formula is C10H9N5O2. The second-order valence-electron chi connectivity index (χ2n) is 3.12. The van der Waals surface area contributed by atoms with Crippen molar-refractivity contribution in [1.29, 1.82) is 0 Å². The number of nitrogens with one attached hydrogen (secondary N) is 2. The first-order valence-electron chi connectivity index (χ1n) is 4.82. The molecule has 2 N–H and O–H groups in total. The van der Waals surface area contributed by atoms with Gasteiger partial charge in [-0.1, -0.05) is 6.07 Å². The number of urea groups is 1. The van der Waals surface area contributed by atoms with Crippen LogP contribution in [0, 0.1) is 0 Å². The van der Waals surface area contributed by atoms with Crippen LogP contribution in [-0.2, 0) is 4.79 Å². The van der Waals surface area contributed by atoms with Crippen LogP contribution in [0.4, 0.5) is 10.7 Å². The van der Waals surface area contributed by atoms with Gasteiger partial charge in [-0.3, -0.25) is 9.72 Å². The molecule has 7 heteroatoms. The number of rotatable bonds is 3. The van der Waals surface area contributed by atoms with Gasteiger partial charge in [0.1, 0.15) is 6.67 Å². The van der Waals surface area contributed by atoms with Gasteiger partial charge in [0.15, 0.2) is 0 Å². The zero-order chi connectivity index (χ0) is 12.1. The molecule has 0 spiro atoms. The number of carbonyl (C=O) groups excluding carboxylic acids is 2. The predicted octanol–water partition coefficient (Wildman–Crippen LogP) is 0.749. The van der Waals surface area contributed by atoms with Gasteiger partial charge >= 0.3 is 6.03 Å². The maximum absolute atomic E-state index is 11.4. The van der Waals surface area contributed by atoms with Crippen LogP contribution in [0.5, 0.6) is 0 Å². The standard InChI is InChI=1S/C10H9N5O2/c16-7-11-6-13-10(17)14-9-12-5-8-3-1-2-4-15(8)9/h1-5H,6H2,(H2,12,13,14,17). The van der Waals surface area contributed by atoms with Gasteiger partial charge in [0.25, 0.3) is 0 Å². The van der Waals surface area contributed by atoms with E-state index >= 15 is 0 Å². The molecular weight excluding hydrogens is 222 g/mol. The van der Waals surface area contributed by atoms with Gasteiger partial charge in [0.2, 0.25) is 12.0 Å². The molecule has 2 heterocycles. The number of isocyanates is 1. The number of amides is 2. The Morgan fingerprint density at radius 1 is 1.53 bits per heavy atom. The first-order valence-corrected chi connectivity index (χ1v) is 4.82. The number of carbonyl (C=O) groups is 1. The summed E-state index contributed by atoms with van der Waals surface area (Å²) in [5.41, 5.74) is 0.869. The van der Waals surface area contributed by atoms with Crippen LogP contribution in [-0.4, -0.2) is 28.2 Å². The summed E-state index contributed by atoms with van der Waals surface area (Å²) < 4.78 is 1.72. The number of imidazole rings is 1. The average molecular weight is 231 g/mol. The fraction of sp³-hybridized carbons (Fsp3) is 0.100. The van der Waals surface area contributed by atoms with Crippen molar-refractivity contribution >= 4 is 23.6 Å². The SMILES string of the molecule is O=C=NCNC(=O)Nc1ncc2ccccn12. The van der Waals surface area contributed by atoms with E-state index in [1.807, 2.05) is 18.2 Å². The third-order valence-corrected chi connectivity index (χ3v) is 2.05. The minimum absolute atomic E-state index is 0.112. The Morgan fingerprint density at radius 2 is 2.41 bits per heavy atom. The van der Waals surface area contributed by atoms with Gasteiger partial charge in [0, 0.05) is 6.20 Å². The molecule has 0 atom stereocenters. The number of anilines is 1. The molecule has 7 nitrogen and oxygen atoms in total. The third kappa shape index (κ3) is 2.47. The van der Waals surface area contributed by atoms with Crippen molar-refractivity contribution in [1.82, 2.24) is 14.7 Å². The van der Waals surface area contributed by atoms with Crippen molar-refractivity contribution in [3.8, 4) is 0 Å². The molecule has 0 aromatic carbocycles. The number of hydrogen-bond donors (Lipinski definition) is 2. The van der Waals surface area contributed by atoms with Crippen molar-refractivity contribution < 1.29 is 9.59 Å². The number of pyridine rings is 1. The molecule has 86 valence electrons. The highest BCUT2D eigenvalue weighted by Gasteiger charge is 2.05. The van der Waals surface area contributed by atoms with Crippen LogP contribution in [0.15, 0.2) is 35.6 Å². The molecule has 0 bridgehead atoms. The molecule has 2 amide bonds. The normalized spacial score (nSPS) is 9.65. The highest BCUT2D eigenvalue weighted by molar-refractivity contribution is 5.87. The number of aliphatic imine (C=N–C) groups is 1. The maximum atomic E-state index is 11.4. The molecule has 0 saturated carbocycles. The van der Waals surface area contributed by atoms with E-state index < -0.39 is 6.03 Å². The quantitative estimate of drug-likeness (QED) is 0.603. The minimum atomic E-state index is -0.486. The van der Waals surface area contributed by atoms with Crippen molar-refractivity contribution in [2.24, 2.45) is 4.99 Å². The molecule has 2 aromatic heterocycles. The second-order valence-corrected chi connectivity index (χ2v) is 3.12. The lowest BCUT2D eigenvalue weighted by atomic mass is 10.4. The van der Waals surface area contributed by atoms with E-state index in [9.17, 15) is 9.59 Å². The molecule has 0 radical (unpaired) electrons. The lowest BCUT2D eigenvalue weighted by Gasteiger charge is -2.03. The van der Waals surface area contributed by atoms with Gasteiger partial charge in [-0.25, -0.2) is 14.6 Å². The molecule has 2 aromatic rings. The van der Waals surface area contributed by atoms with Crippen molar-refractivity contribution in [2.75, 3.05) is 12.0 Å². The van der Waals surface area contributed by atoms with Crippen LogP contribution >= 0.6 is 0 Å². The van der Waals surface area contributed by atoms with Crippen LogP contribution < -0.4 is 10.6 Å². The van der Waals surface area contributed by atoms with Crippen molar-refractivity contribution in [3.63, 3.8) is 0 Å². The van der Waals surface area contributed by atoms with Gasteiger partial charge < -0.3 is 5.32 Å². The van der Waals surface area contributed by atoms with E-state index in [0.717, 1.165) is 5.52 Å². The molecule has 0 fully saturated rings. The second kappa shape index (κ2) is 4.91. The Morgan fingerprint density at radius 3 is 3.24 bits per heavy atom. The molecule has 0 unspecified atom stereocenters. The lowest BCUT2D eigenvalue weighted by molar-refractivity contribution is 0.252. The summed E-state index contributed by atoms with van der Waals surface area (Å²) in [6.07, 6.45) is 4.74. The summed E-state index contributed by atoms with van der Waals surface area (Å²) in [5, 5.41) is 4.89. The Balaban J connectivity index is 2.08. The first-order chi connectivity index (χ1) is 8.31. The average Bonchev–Trinajstić information content (AvgIpc) is 2.73. The van der Waals surface area contributed by atoms with E-state index in [1.165, 1.54) is 6.08 Å². The topological polar surface area (TPSA) is 87.9 Å². The molecule has 0 aliphatic heterocycles. The summed E-state index contributed by atoms with van der Waals surface area (Å²) in [6, 6.07) is 5.08. The first kappa shape index (κ1) is 10.8. The lowest BCUT2D eigenvalue weighted by Crippen LogP contribution is -2.29. The minimum Gasteiger partial charge on any atom is -0.318 e. The molecule has 17 heavy (non-hydrogen) atoms. The predicted molar refractivity (Wildman–Crippen MR) is 60.3 cm³/mol. The van der Waals surface area contributed by atoms with Crippen LogP contribution in [0.3, 0.4) is 0 Å². The Labute approximate surface area is 96.2 Å². The Hall–Kier alpha value is -2.66. The maximum Gasteiger partial charge on any atom is 0.323 e. The number of aromatic nitrogens is 2. The smallest absolute Gasteiger partial charge is 0.318 e. The van der Waals surface area contributed by atoms with E-state index in [0.29, 0.717) is 5.95 Å². The van der Waals surface area contributed by atoms with E-state index in [2.05, 4.69) is 20.6 Å². The monoisotopic (exact) mass is 231 g/mol. The van der Waals surface area contributed by atoms with E-state index in [1.54, 1.807) is 16.8 Å². The largest absolute Gasteiger partial charge is 0.323 e. The Bertz CT molecular complexity index is 585. The highest BCUT2D eigenvalue weighted by atomic mass is 16.2. The van der Waals surface area contributed by atoms with Crippen molar-refractivity contribution in [3.05, 3.63) is 30.6 Å². The number of fused-ring (bicyclic) bond motifs is 1. The van der Waals surface area contributed by atoms with Gasteiger partial charge in [-0.15, -0.1) is 0 Å². The number of hydrogen-bond acceptors (Lipinski definition) is 4. The summed E-state index contributed by atoms with van der Waals surface area (Å²) in [6.45, 7) is -0.112. The molecule has 0 aliphatic carbocycles. The van der Waals surface area contributed by atoms with Crippen LogP contribution in [0.1, 0.15) is 0 Å². The molecule has 0 aliphatic rings. The zero-order valence-electron chi connectivity index (χ0n) is 8.75. The molecule has 2 rings (SSSR count). The third-order valence-electron chi connectivity index (χ3n) is 2.05. The fourth-order valence-corrected chi connectivity index (χ4v) is 1.33. The van der Waals surface area contributed by atoms with Gasteiger partial charge in [0.05, 0.1) is 11.7 Å². The zero-order valence-corrected chi connectivity index (χ0v) is 8.75. The van der Waals surface area contributed by atoms with E-state index in [4.69, 9.17) is 0 Å². The van der Waals surface area contributed by atoms with Crippen LogP contribution in [0.2, 0.25) is 0 Å². The Kier molecular flexibility index (Phi) is 3.13. The summed E-state index contributed by atoms with van der Waals surface area (Å²) in [7, 11) is 0. The molecule has 0 saturated heterocycles. The summed E-state index contributed by atoms with van der Waals surface area (Å²) in [4.78, 5) is 28.4. The van der Waals surface area contributed by atoms with Gasteiger partial charge in [-0.2, -0.15) is 4.99 Å². The summed E-state index contributed by atoms with van der Waals surface area (Å²) >= 11 is 0. The highest BCUT2D eigenvalue weighted by Crippen LogP contribution is 2.09.